The molecule has 0 heterocycles. The highest BCUT2D eigenvalue weighted by Gasteiger charge is 1.83. The van der Waals surface area contributed by atoms with E-state index in [1.807, 2.05) is 0 Å². The maximum absolute atomic E-state index is 9.71. The van der Waals surface area contributed by atoms with Gasteiger partial charge in [0.2, 0.25) is 0 Å². The fourth-order valence-electron chi connectivity index (χ4n) is 0.895. The van der Waals surface area contributed by atoms with Gasteiger partial charge in [-0.05, 0) is 0 Å². The lowest BCUT2D eigenvalue weighted by molar-refractivity contribution is 0.241. The van der Waals surface area contributed by atoms with Crippen LogP contribution < -0.4 is 22.5 Å². The molecule has 86 valence electrons. The normalized spacial score (nSPS) is 8.57. The SMILES string of the molecule is CCCCCCCC.NNC(=O)NN. The van der Waals surface area contributed by atoms with Crippen molar-refractivity contribution in [3.05, 3.63) is 0 Å². The number of amides is 2. The molecule has 2 amide bonds. The Labute approximate surface area is 86.5 Å². The van der Waals surface area contributed by atoms with E-state index in [2.05, 4.69) is 25.5 Å². The summed E-state index contributed by atoms with van der Waals surface area (Å²) in [5, 5.41) is 0. The largest absolute Gasteiger partial charge is 0.343 e. The molecule has 6 N–H and O–H groups in total. The molecule has 0 fully saturated rings. The van der Waals surface area contributed by atoms with Crippen molar-refractivity contribution in [2.24, 2.45) is 11.7 Å². The highest BCUT2D eigenvalue weighted by atomic mass is 16.2. The van der Waals surface area contributed by atoms with E-state index in [1.54, 1.807) is 10.9 Å². The smallest absolute Gasteiger partial charge is 0.275 e. The quantitative estimate of drug-likeness (QED) is 0.236. The van der Waals surface area contributed by atoms with Crippen LogP contribution in [0.4, 0.5) is 4.79 Å². The number of urea groups is 1. The average molecular weight is 204 g/mol. The Bertz CT molecular complexity index is 107. The van der Waals surface area contributed by atoms with E-state index in [1.165, 1.54) is 38.5 Å². The molecular formula is C9H24N4O. The Morgan fingerprint density at radius 3 is 1.43 bits per heavy atom. The predicted molar refractivity (Wildman–Crippen MR) is 59.1 cm³/mol. The zero-order valence-corrected chi connectivity index (χ0v) is 9.31. The predicted octanol–water partition coefficient (Wildman–Crippen LogP) is 1.40. The van der Waals surface area contributed by atoms with Crippen molar-refractivity contribution in [1.82, 2.24) is 10.9 Å². The Balaban J connectivity index is 0. The first-order valence-corrected chi connectivity index (χ1v) is 5.20. The molecule has 0 unspecified atom stereocenters. The van der Waals surface area contributed by atoms with Crippen LogP contribution in [0.25, 0.3) is 0 Å². The van der Waals surface area contributed by atoms with Crippen molar-refractivity contribution in [1.29, 1.82) is 0 Å². The Kier molecular flexibility index (Phi) is 16.4. The number of nitrogens with one attached hydrogen (secondary N) is 2. The van der Waals surface area contributed by atoms with Crippen molar-refractivity contribution >= 4 is 6.03 Å². The average Bonchev–Trinajstić information content (AvgIpc) is 2.24. The van der Waals surface area contributed by atoms with Gasteiger partial charge in [0.25, 0.3) is 0 Å². The molecule has 0 aromatic heterocycles. The molecule has 0 aliphatic heterocycles. The Morgan fingerprint density at radius 1 is 0.929 bits per heavy atom. The lowest BCUT2D eigenvalue weighted by Crippen LogP contribution is -2.43. The summed E-state index contributed by atoms with van der Waals surface area (Å²) in [4.78, 5) is 9.71. The van der Waals surface area contributed by atoms with Gasteiger partial charge < -0.3 is 0 Å². The lowest BCUT2D eigenvalue weighted by atomic mass is 10.1. The third-order valence-corrected chi connectivity index (χ3v) is 1.72. The molecule has 14 heavy (non-hydrogen) atoms. The molecule has 0 spiro atoms. The standard InChI is InChI=1S/C8H18.CH6N4O/c1-3-5-7-8-6-4-2;2-4-1(6)5-3/h3-8H2,1-2H3;2-3H2,(H2,4,5,6). The van der Waals surface area contributed by atoms with Crippen molar-refractivity contribution in [2.75, 3.05) is 0 Å². The van der Waals surface area contributed by atoms with Gasteiger partial charge in [0.15, 0.2) is 0 Å². The maximum Gasteiger partial charge on any atom is 0.343 e. The van der Waals surface area contributed by atoms with E-state index in [9.17, 15) is 4.79 Å². The number of rotatable bonds is 5. The molecule has 5 heteroatoms. The molecule has 0 saturated heterocycles. The number of hydrogen-bond donors (Lipinski definition) is 4. The monoisotopic (exact) mass is 204 g/mol. The zero-order valence-electron chi connectivity index (χ0n) is 9.31. The summed E-state index contributed by atoms with van der Waals surface area (Å²) in [5.74, 6) is 9.08. The van der Waals surface area contributed by atoms with Crippen molar-refractivity contribution in [2.45, 2.75) is 52.4 Å². The van der Waals surface area contributed by atoms with Crippen LogP contribution in [0.1, 0.15) is 52.4 Å². The summed E-state index contributed by atoms with van der Waals surface area (Å²) in [7, 11) is 0. The van der Waals surface area contributed by atoms with Crippen molar-refractivity contribution in [3.63, 3.8) is 0 Å². The molecule has 0 radical (unpaired) electrons. The number of hydrogen-bond acceptors (Lipinski definition) is 3. The van der Waals surface area contributed by atoms with Crippen LogP contribution in [-0.4, -0.2) is 6.03 Å². The van der Waals surface area contributed by atoms with Crippen LogP contribution in [0.3, 0.4) is 0 Å². The minimum Gasteiger partial charge on any atom is -0.275 e. The highest BCUT2D eigenvalue weighted by Crippen LogP contribution is 2.03. The number of nitrogens with two attached hydrogens (primary N) is 2. The first-order valence-electron chi connectivity index (χ1n) is 5.20. The minimum absolute atomic E-state index is 0.602. The van der Waals surface area contributed by atoms with Crippen LogP contribution in [0.5, 0.6) is 0 Å². The second-order valence-corrected chi connectivity index (χ2v) is 3.03. The van der Waals surface area contributed by atoms with Gasteiger partial charge in [0, 0.05) is 0 Å². The fraction of sp³-hybridized carbons (Fsp3) is 0.889. The topological polar surface area (TPSA) is 93.2 Å². The number of unbranched alkanes of at least 4 members (excludes halogenated alkanes) is 5. The van der Waals surface area contributed by atoms with Crippen molar-refractivity contribution in [3.8, 4) is 0 Å². The molecular weight excluding hydrogens is 180 g/mol. The number of hydrazine groups is 2. The summed E-state index contributed by atoms with van der Waals surface area (Å²) in [5.41, 5.74) is 3.48. The molecule has 0 aromatic rings. The van der Waals surface area contributed by atoms with Gasteiger partial charge in [0.05, 0.1) is 0 Å². The van der Waals surface area contributed by atoms with Gasteiger partial charge in [-0.2, -0.15) is 0 Å². The van der Waals surface area contributed by atoms with Gasteiger partial charge in [-0.3, -0.25) is 10.9 Å². The first kappa shape index (κ1) is 15.7. The van der Waals surface area contributed by atoms with Crippen LogP contribution in [0, 0.1) is 0 Å². The lowest BCUT2D eigenvalue weighted by Gasteiger charge is -1.93. The maximum atomic E-state index is 9.71. The van der Waals surface area contributed by atoms with Gasteiger partial charge in [0.1, 0.15) is 0 Å². The Hall–Kier alpha value is -0.810. The second-order valence-electron chi connectivity index (χ2n) is 3.03. The third-order valence-electron chi connectivity index (χ3n) is 1.72. The van der Waals surface area contributed by atoms with E-state index in [0.717, 1.165) is 0 Å². The molecule has 0 aromatic carbocycles. The van der Waals surface area contributed by atoms with Gasteiger partial charge in [-0.25, -0.2) is 16.5 Å². The molecule has 5 nitrogen and oxygen atoms in total. The van der Waals surface area contributed by atoms with Gasteiger partial charge in [-0.1, -0.05) is 52.4 Å². The van der Waals surface area contributed by atoms with Gasteiger partial charge >= 0.3 is 6.03 Å². The van der Waals surface area contributed by atoms with Crippen molar-refractivity contribution < 1.29 is 4.79 Å². The summed E-state index contributed by atoms with van der Waals surface area (Å²) in [6, 6.07) is -0.602. The second kappa shape index (κ2) is 14.7. The van der Waals surface area contributed by atoms with Crippen LogP contribution >= 0.6 is 0 Å². The number of carbonyl (C=O) groups is 1. The van der Waals surface area contributed by atoms with Gasteiger partial charge in [-0.15, -0.1) is 0 Å². The molecule has 0 aliphatic carbocycles. The fourth-order valence-corrected chi connectivity index (χ4v) is 0.895. The summed E-state index contributed by atoms with van der Waals surface area (Å²) in [6.45, 7) is 4.51. The van der Waals surface area contributed by atoms with E-state index in [0.29, 0.717) is 0 Å². The molecule has 0 rings (SSSR count). The van der Waals surface area contributed by atoms with E-state index < -0.39 is 6.03 Å². The highest BCUT2D eigenvalue weighted by molar-refractivity contribution is 5.72. The number of carbonyl (C=O) groups excluding carboxylic acids is 1. The summed E-state index contributed by atoms with van der Waals surface area (Å²) in [6.07, 6.45) is 8.49. The van der Waals surface area contributed by atoms with Crippen LogP contribution in [0.15, 0.2) is 0 Å². The summed E-state index contributed by atoms with van der Waals surface area (Å²) >= 11 is 0. The van der Waals surface area contributed by atoms with E-state index in [4.69, 9.17) is 0 Å². The molecule has 0 aliphatic rings. The zero-order chi connectivity index (χ0) is 11.2. The third kappa shape index (κ3) is 17.3. The van der Waals surface area contributed by atoms with E-state index in [-0.39, 0.29) is 0 Å². The molecule has 0 atom stereocenters. The van der Waals surface area contributed by atoms with Crippen LogP contribution in [0.2, 0.25) is 0 Å². The van der Waals surface area contributed by atoms with E-state index >= 15 is 0 Å². The Morgan fingerprint density at radius 2 is 1.29 bits per heavy atom. The summed E-state index contributed by atoms with van der Waals surface area (Å²) < 4.78 is 0. The molecule has 0 bridgehead atoms. The minimum atomic E-state index is -0.602. The first-order chi connectivity index (χ1) is 6.72. The molecule has 0 saturated carbocycles. The van der Waals surface area contributed by atoms with Crippen LogP contribution in [-0.2, 0) is 0 Å².